The van der Waals surface area contributed by atoms with Crippen LogP contribution in [0.2, 0.25) is 0 Å². The van der Waals surface area contributed by atoms with Gasteiger partial charge in [0.2, 0.25) is 0 Å². The number of nitrogens with one attached hydrogen (secondary N) is 1. The lowest BCUT2D eigenvalue weighted by atomic mass is 10.1. The first-order chi connectivity index (χ1) is 9.04. The molecule has 0 radical (unpaired) electrons. The Morgan fingerprint density at radius 2 is 1.89 bits per heavy atom. The van der Waals surface area contributed by atoms with E-state index in [1.54, 1.807) is 0 Å². The second-order valence-corrected chi connectivity index (χ2v) is 5.41. The highest BCUT2D eigenvalue weighted by Crippen LogP contribution is 2.05. The molecule has 0 bridgehead atoms. The molecule has 0 atom stereocenters. The summed E-state index contributed by atoms with van der Waals surface area (Å²) in [6, 6.07) is 11.1. The highest BCUT2D eigenvalue weighted by Gasteiger charge is 2.11. The van der Waals surface area contributed by atoms with Crippen molar-refractivity contribution in [3.05, 3.63) is 35.4 Å². The van der Waals surface area contributed by atoms with Crippen molar-refractivity contribution in [3.63, 3.8) is 0 Å². The highest BCUT2D eigenvalue weighted by molar-refractivity contribution is 5.32. The molecule has 19 heavy (non-hydrogen) atoms. The first kappa shape index (κ1) is 15.7. The molecule has 0 aliphatic heterocycles. The molecule has 0 heterocycles. The van der Waals surface area contributed by atoms with Gasteiger partial charge in [-0.2, -0.15) is 5.26 Å². The molecule has 0 saturated carbocycles. The molecule has 0 amide bonds. The summed E-state index contributed by atoms with van der Waals surface area (Å²) >= 11 is 0. The first-order valence-corrected chi connectivity index (χ1v) is 7.00. The van der Waals surface area contributed by atoms with Crippen LogP contribution in [0, 0.1) is 11.3 Å². The highest BCUT2D eigenvalue weighted by atomic mass is 15.2. The summed E-state index contributed by atoms with van der Waals surface area (Å²) in [5.41, 5.74) is 1.89. The topological polar surface area (TPSA) is 39.1 Å². The fourth-order valence-corrected chi connectivity index (χ4v) is 2.30. The molecule has 3 heteroatoms. The summed E-state index contributed by atoms with van der Waals surface area (Å²) < 4.78 is 0. The summed E-state index contributed by atoms with van der Waals surface area (Å²) in [5.74, 6) is 0. The largest absolute Gasteiger partial charge is 0.311 e. The Labute approximate surface area is 117 Å². The maximum Gasteiger partial charge on any atom is 0.0991 e. The van der Waals surface area contributed by atoms with Gasteiger partial charge in [0.05, 0.1) is 11.6 Å². The third-order valence-electron chi connectivity index (χ3n) is 3.26. The van der Waals surface area contributed by atoms with E-state index in [-0.39, 0.29) is 0 Å². The van der Waals surface area contributed by atoms with E-state index in [1.165, 1.54) is 5.56 Å². The van der Waals surface area contributed by atoms with Crippen LogP contribution in [0.15, 0.2) is 24.3 Å². The van der Waals surface area contributed by atoms with Crippen molar-refractivity contribution < 1.29 is 0 Å². The van der Waals surface area contributed by atoms with Gasteiger partial charge >= 0.3 is 0 Å². The molecule has 1 aromatic carbocycles. The van der Waals surface area contributed by atoms with E-state index in [2.05, 4.69) is 50.0 Å². The Hall–Kier alpha value is -1.37. The van der Waals surface area contributed by atoms with Crippen LogP contribution >= 0.6 is 0 Å². The van der Waals surface area contributed by atoms with E-state index in [1.807, 2.05) is 18.2 Å². The van der Waals surface area contributed by atoms with Crippen LogP contribution in [0.25, 0.3) is 0 Å². The summed E-state index contributed by atoms with van der Waals surface area (Å²) in [6.45, 7) is 11.8. The van der Waals surface area contributed by atoms with Crippen LogP contribution in [-0.2, 0) is 6.54 Å². The molecule has 0 aliphatic rings. The van der Waals surface area contributed by atoms with Crippen molar-refractivity contribution in [1.82, 2.24) is 10.2 Å². The molecule has 0 saturated heterocycles. The van der Waals surface area contributed by atoms with Crippen molar-refractivity contribution >= 4 is 0 Å². The van der Waals surface area contributed by atoms with Crippen LogP contribution in [0.3, 0.4) is 0 Å². The van der Waals surface area contributed by atoms with Gasteiger partial charge in [0.25, 0.3) is 0 Å². The van der Waals surface area contributed by atoms with Crippen LogP contribution in [0.1, 0.15) is 38.8 Å². The Kier molecular flexibility index (Phi) is 6.55. The van der Waals surface area contributed by atoms with E-state index in [9.17, 15) is 0 Å². The lowest BCUT2D eigenvalue weighted by Gasteiger charge is -2.30. The minimum atomic E-state index is 0.573. The zero-order chi connectivity index (χ0) is 14.3. The van der Waals surface area contributed by atoms with Gasteiger partial charge in [-0.05, 0) is 45.4 Å². The molecular formula is C16H25N3. The summed E-state index contributed by atoms with van der Waals surface area (Å²) in [4.78, 5) is 2.47. The Balaban J connectivity index is 2.36. The average Bonchev–Trinajstić information content (AvgIpc) is 2.37. The zero-order valence-corrected chi connectivity index (χ0v) is 12.5. The second kappa shape index (κ2) is 7.93. The quantitative estimate of drug-likeness (QED) is 0.765. The van der Waals surface area contributed by atoms with Gasteiger partial charge in [-0.25, -0.2) is 0 Å². The lowest BCUT2D eigenvalue weighted by molar-refractivity contribution is 0.176. The first-order valence-electron chi connectivity index (χ1n) is 7.00. The molecule has 0 spiro atoms. The average molecular weight is 259 g/mol. The molecule has 0 fully saturated rings. The predicted molar refractivity (Wildman–Crippen MR) is 79.8 cm³/mol. The fourth-order valence-electron chi connectivity index (χ4n) is 2.30. The maximum absolute atomic E-state index is 8.85. The molecule has 3 nitrogen and oxygen atoms in total. The van der Waals surface area contributed by atoms with Crippen molar-refractivity contribution in [3.8, 4) is 6.07 Å². The van der Waals surface area contributed by atoms with Crippen molar-refractivity contribution in [1.29, 1.82) is 5.26 Å². The number of nitrogens with zero attached hydrogens (tertiary/aromatic N) is 2. The number of hydrogen-bond donors (Lipinski definition) is 1. The summed E-state index contributed by atoms with van der Waals surface area (Å²) in [7, 11) is 0. The van der Waals surface area contributed by atoms with E-state index < -0.39 is 0 Å². The van der Waals surface area contributed by atoms with Crippen LogP contribution in [0.4, 0.5) is 0 Å². The smallest absolute Gasteiger partial charge is 0.0991 e. The van der Waals surface area contributed by atoms with Crippen LogP contribution in [0.5, 0.6) is 0 Å². The van der Waals surface area contributed by atoms with Crippen LogP contribution < -0.4 is 5.32 Å². The Morgan fingerprint density at radius 3 is 2.47 bits per heavy atom. The normalized spacial score (nSPS) is 11.3. The molecule has 0 unspecified atom stereocenters. The number of benzene rings is 1. The Bertz CT molecular complexity index is 410. The molecule has 1 rings (SSSR count). The number of rotatable bonds is 7. The summed E-state index contributed by atoms with van der Waals surface area (Å²) in [6.07, 6.45) is 0. The monoisotopic (exact) mass is 259 g/mol. The molecule has 0 aliphatic carbocycles. The third kappa shape index (κ3) is 5.42. The molecule has 0 aromatic heterocycles. The van der Waals surface area contributed by atoms with Gasteiger partial charge in [-0.1, -0.05) is 12.1 Å². The number of nitriles is 1. The van der Waals surface area contributed by atoms with Gasteiger partial charge in [-0.3, -0.25) is 4.90 Å². The number of hydrogen-bond acceptors (Lipinski definition) is 3. The van der Waals surface area contributed by atoms with Gasteiger partial charge in [0.15, 0.2) is 0 Å². The van der Waals surface area contributed by atoms with Gasteiger partial charge < -0.3 is 5.32 Å². The van der Waals surface area contributed by atoms with E-state index in [4.69, 9.17) is 5.26 Å². The standard InChI is InChI=1S/C16H25N3/c1-13(2)19(14(3)4)9-8-18-12-16-7-5-6-15(10-16)11-17/h5-7,10,13-14,18H,8-9,12H2,1-4H3. The third-order valence-corrected chi connectivity index (χ3v) is 3.26. The predicted octanol–water partition coefficient (Wildman–Crippen LogP) is 2.77. The van der Waals surface area contributed by atoms with E-state index in [0.29, 0.717) is 12.1 Å². The van der Waals surface area contributed by atoms with Gasteiger partial charge in [0.1, 0.15) is 0 Å². The Morgan fingerprint density at radius 1 is 1.21 bits per heavy atom. The van der Waals surface area contributed by atoms with Crippen molar-refractivity contribution in [2.24, 2.45) is 0 Å². The van der Waals surface area contributed by atoms with Gasteiger partial charge in [-0.15, -0.1) is 0 Å². The van der Waals surface area contributed by atoms with Gasteiger partial charge in [0, 0.05) is 31.7 Å². The van der Waals surface area contributed by atoms with E-state index >= 15 is 0 Å². The van der Waals surface area contributed by atoms with Crippen LogP contribution in [-0.4, -0.2) is 30.1 Å². The van der Waals surface area contributed by atoms with Crippen molar-refractivity contribution in [2.75, 3.05) is 13.1 Å². The second-order valence-electron chi connectivity index (χ2n) is 5.41. The minimum Gasteiger partial charge on any atom is -0.311 e. The molecule has 1 aromatic rings. The zero-order valence-electron chi connectivity index (χ0n) is 12.5. The minimum absolute atomic E-state index is 0.573. The maximum atomic E-state index is 8.85. The van der Waals surface area contributed by atoms with Crippen molar-refractivity contribution in [2.45, 2.75) is 46.3 Å². The molecule has 104 valence electrons. The molecular weight excluding hydrogens is 234 g/mol. The molecule has 1 N–H and O–H groups in total. The lowest BCUT2D eigenvalue weighted by Crippen LogP contribution is -2.41. The van der Waals surface area contributed by atoms with E-state index in [0.717, 1.165) is 25.2 Å². The SMILES string of the molecule is CC(C)N(CCNCc1cccc(C#N)c1)C(C)C. The summed E-state index contributed by atoms with van der Waals surface area (Å²) in [5, 5.41) is 12.3. The fraction of sp³-hybridized carbons (Fsp3) is 0.562.